The maximum atomic E-state index is 12.9. The highest BCUT2D eigenvalue weighted by molar-refractivity contribution is 7.98. The lowest BCUT2D eigenvalue weighted by Crippen LogP contribution is -2.05. The molecule has 3 aromatic rings. The molecule has 0 aliphatic heterocycles. The zero-order valence-electron chi connectivity index (χ0n) is 15.7. The molecule has 0 fully saturated rings. The number of rotatable bonds is 5. The highest BCUT2D eigenvalue weighted by Gasteiger charge is 2.30. The van der Waals surface area contributed by atoms with E-state index in [-0.39, 0.29) is 0 Å². The van der Waals surface area contributed by atoms with Gasteiger partial charge in [-0.25, -0.2) is 4.98 Å². The van der Waals surface area contributed by atoms with E-state index >= 15 is 0 Å². The molecular weight excluding hydrogens is 385 g/mol. The van der Waals surface area contributed by atoms with Crippen LogP contribution in [-0.4, -0.2) is 9.97 Å². The monoisotopic (exact) mass is 404 g/mol. The van der Waals surface area contributed by atoms with E-state index in [1.165, 1.54) is 17.8 Å². The molecule has 0 radical (unpaired) electrons. The summed E-state index contributed by atoms with van der Waals surface area (Å²) >= 11 is 1.27. The van der Waals surface area contributed by atoms with Gasteiger partial charge >= 0.3 is 6.18 Å². The van der Waals surface area contributed by atoms with Gasteiger partial charge in [0.15, 0.2) is 5.16 Å². The van der Waals surface area contributed by atoms with Crippen LogP contribution in [0.15, 0.2) is 53.7 Å². The van der Waals surface area contributed by atoms with Crippen molar-refractivity contribution in [2.24, 2.45) is 0 Å². The summed E-state index contributed by atoms with van der Waals surface area (Å²) in [7, 11) is 0. The van der Waals surface area contributed by atoms with E-state index in [2.05, 4.69) is 9.97 Å². The van der Waals surface area contributed by atoms with E-state index in [0.717, 1.165) is 29.0 Å². The van der Waals surface area contributed by atoms with Crippen molar-refractivity contribution in [3.63, 3.8) is 0 Å². The fraction of sp³-hybridized carbons (Fsp3) is 0.238. The molecule has 0 atom stereocenters. The van der Waals surface area contributed by atoms with Gasteiger partial charge in [0.25, 0.3) is 0 Å². The molecule has 28 heavy (non-hydrogen) atoms. The summed E-state index contributed by atoms with van der Waals surface area (Å²) in [5, 5.41) is 0.456. The maximum absolute atomic E-state index is 12.9. The van der Waals surface area contributed by atoms with Gasteiger partial charge in [0, 0.05) is 17.5 Å². The van der Waals surface area contributed by atoms with Gasteiger partial charge in [-0.15, -0.1) is 0 Å². The number of aromatic nitrogens is 2. The molecule has 0 aliphatic carbocycles. The topological polar surface area (TPSA) is 35.0 Å². The molecule has 0 saturated heterocycles. The van der Waals surface area contributed by atoms with Gasteiger partial charge < -0.3 is 4.74 Å². The van der Waals surface area contributed by atoms with Crippen LogP contribution in [0.5, 0.6) is 11.6 Å². The number of benzene rings is 2. The summed E-state index contributed by atoms with van der Waals surface area (Å²) in [6.45, 7) is 5.79. The Hall–Kier alpha value is -2.54. The number of aryl methyl sites for hydroxylation is 3. The molecule has 2 aromatic carbocycles. The second-order valence-corrected chi connectivity index (χ2v) is 7.43. The Bertz CT molecular complexity index is 990. The summed E-state index contributed by atoms with van der Waals surface area (Å²) in [4.78, 5) is 8.73. The molecule has 0 unspecified atom stereocenters. The molecule has 0 bridgehead atoms. The van der Waals surface area contributed by atoms with E-state index in [1.54, 1.807) is 12.1 Å². The normalized spacial score (nSPS) is 11.5. The third kappa shape index (κ3) is 5.25. The van der Waals surface area contributed by atoms with Crippen LogP contribution in [0.1, 0.15) is 27.9 Å². The van der Waals surface area contributed by atoms with Crippen molar-refractivity contribution >= 4 is 11.8 Å². The van der Waals surface area contributed by atoms with Crippen LogP contribution in [0, 0.1) is 20.8 Å². The number of halogens is 3. The number of alkyl halides is 3. The van der Waals surface area contributed by atoms with Gasteiger partial charge in [0.2, 0.25) is 5.88 Å². The van der Waals surface area contributed by atoms with E-state index < -0.39 is 11.7 Å². The van der Waals surface area contributed by atoms with Crippen molar-refractivity contribution in [1.82, 2.24) is 9.97 Å². The van der Waals surface area contributed by atoms with Gasteiger partial charge in [-0.2, -0.15) is 18.2 Å². The van der Waals surface area contributed by atoms with Crippen LogP contribution in [0.3, 0.4) is 0 Å². The summed E-state index contributed by atoms with van der Waals surface area (Å²) in [6, 6.07) is 12.9. The zero-order valence-corrected chi connectivity index (χ0v) is 16.5. The van der Waals surface area contributed by atoms with Crippen molar-refractivity contribution in [3.8, 4) is 11.6 Å². The number of hydrogen-bond donors (Lipinski definition) is 0. The maximum Gasteiger partial charge on any atom is 0.416 e. The molecule has 146 valence electrons. The quantitative estimate of drug-likeness (QED) is 0.359. The highest BCUT2D eigenvalue weighted by atomic mass is 32.2. The molecule has 7 heteroatoms. The molecule has 0 N–H and O–H groups in total. The first-order chi connectivity index (χ1) is 13.2. The lowest BCUT2D eigenvalue weighted by atomic mass is 10.1. The third-order valence-electron chi connectivity index (χ3n) is 3.98. The summed E-state index contributed by atoms with van der Waals surface area (Å²) < 4.78 is 44.4. The number of thioether (sulfide) groups is 1. The van der Waals surface area contributed by atoms with Crippen molar-refractivity contribution < 1.29 is 17.9 Å². The van der Waals surface area contributed by atoms with Crippen LogP contribution in [0.25, 0.3) is 0 Å². The predicted molar refractivity (Wildman–Crippen MR) is 104 cm³/mol. The Morgan fingerprint density at radius 2 is 1.75 bits per heavy atom. The molecule has 0 amide bonds. The van der Waals surface area contributed by atoms with Gasteiger partial charge in [-0.1, -0.05) is 47.7 Å². The predicted octanol–water partition coefficient (Wildman–Crippen LogP) is 6.51. The Morgan fingerprint density at radius 3 is 2.46 bits per heavy atom. The molecule has 0 spiro atoms. The first-order valence-corrected chi connectivity index (χ1v) is 9.59. The fourth-order valence-corrected chi connectivity index (χ4v) is 3.48. The fourth-order valence-electron chi connectivity index (χ4n) is 2.64. The van der Waals surface area contributed by atoms with E-state index in [1.807, 2.05) is 39.0 Å². The second kappa shape index (κ2) is 8.22. The van der Waals surface area contributed by atoms with Crippen LogP contribution in [0.2, 0.25) is 0 Å². The van der Waals surface area contributed by atoms with Gasteiger partial charge in [0.1, 0.15) is 5.75 Å². The van der Waals surface area contributed by atoms with Crippen molar-refractivity contribution in [1.29, 1.82) is 0 Å². The third-order valence-corrected chi connectivity index (χ3v) is 4.90. The van der Waals surface area contributed by atoms with Gasteiger partial charge in [-0.05, 0) is 44.0 Å². The first kappa shape index (κ1) is 20.2. The van der Waals surface area contributed by atoms with Crippen LogP contribution in [-0.2, 0) is 11.9 Å². The minimum atomic E-state index is -4.35. The highest BCUT2D eigenvalue weighted by Crippen LogP contribution is 2.31. The van der Waals surface area contributed by atoms with E-state index in [4.69, 9.17) is 4.74 Å². The van der Waals surface area contributed by atoms with E-state index in [9.17, 15) is 13.2 Å². The van der Waals surface area contributed by atoms with Gasteiger partial charge in [-0.3, -0.25) is 0 Å². The average Bonchev–Trinajstić information content (AvgIpc) is 2.61. The second-order valence-electron chi connectivity index (χ2n) is 6.49. The van der Waals surface area contributed by atoms with Crippen LogP contribution < -0.4 is 4.74 Å². The number of nitrogens with zero attached hydrogens (tertiary/aromatic N) is 2. The van der Waals surface area contributed by atoms with Gasteiger partial charge in [0.05, 0.1) is 5.56 Å². The Balaban J connectivity index is 1.75. The average molecular weight is 404 g/mol. The molecule has 1 aromatic heterocycles. The van der Waals surface area contributed by atoms with Crippen molar-refractivity contribution in [3.05, 3.63) is 76.5 Å². The Labute approximate surface area is 166 Å². The smallest absolute Gasteiger partial charge is 0.416 e. The summed E-state index contributed by atoms with van der Waals surface area (Å²) in [6.07, 6.45) is -4.35. The van der Waals surface area contributed by atoms with Crippen LogP contribution >= 0.6 is 11.8 Å². The molecular formula is C21H19F3N2OS. The first-order valence-electron chi connectivity index (χ1n) is 8.60. The number of hydrogen-bond acceptors (Lipinski definition) is 4. The van der Waals surface area contributed by atoms with Crippen molar-refractivity contribution in [2.75, 3.05) is 0 Å². The Morgan fingerprint density at radius 1 is 0.964 bits per heavy atom. The lowest BCUT2D eigenvalue weighted by Gasteiger charge is -2.11. The summed E-state index contributed by atoms with van der Waals surface area (Å²) in [5.41, 5.74) is 2.76. The van der Waals surface area contributed by atoms with E-state index in [0.29, 0.717) is 28.1 Å². The molecule has 0 aliphatic rings. The lowest BCUT2D eigenvalue weighted by molar-refractivity contribution is -0.137. The minimum Gasteiger partial charge on any atom is -0.439 e. The standard InChI is InChI=1S/C21H19F3N2OS/c1-13-7-8-18(14(2)9-13)27-19-10-15(3)25-20(26-19)28-12-16-5-4-6-17(11-16)21(22,23)24/h4-11H,12H2,1-3H3. The number of ether oxygens (including phenoxy) is 1. The zero-order chi connectivity index (χ0) is 20.3. The SMILES string of the molecule is Cc1ccc(Oc2cc(C)nc(SCc3cccc(C(F)(F)F)c3)n2)c(C)c1. The van der Waals surface area contributed by atoms with Crippen molar-refractivity contribution in [2.45, 2.75) is 37.9 Å². The largest absolute Gasteiger partial charge is 0.439 e. The molecule has 3 rings (SSSR count). The summed E-state index contributed by atoms with van der Waals surface area (Å²) in [5.74, 6) is 1.44. The molecule has 0 saturated carbocycles. The molecule has 3 nitrogen and oxygen atoms in total. The Kier molecular flexibility index (Phi) is 5.93. The molecule has 1 heterocycles. The van der Waals surface area contributed by atoms with Crippen LogP contribution in [0.4, 0.5) is 13.2 Å². The minimum absolute atomic E-state index is 0.330.